The first kappa shape index (κ1) is 14.1. The molecule has 19 heavy (non-hydrogen) atoms. The van der Waals surface area contributed by atoms with Gasteiger partial charge in [0, 0.05) is 20.5 Å². The van der Waals surface area contributed by atoms with Crippen LogP contribution in [0.4, 0.5) is 0 Å². The molecule has 1 fully saturated rings. The lowest BCUT2D eigenvalue weighted by molar-refractivity contribution is -0.129. The molecule has 0 radical (unpaired) electrons. The zero-order valence-corrected chi connectivity index (χ0v) is 11.9. The van der Waals surface area contributed by atoms with E-state index in [0.717, 1.165) is 13.1 Å². The lowest BCUT2D eigenvalue weighted by Crippen LogP contribution is -2.35. The SMILES string of the molecule is CN(C)C(=O)C[C@H](c1ccccc1)[C@@H]1CCCNC1. The molecule has 0 spiro atoms. The number of hydrogen-bond donors (Lipinski definition) is 1. The molecule has 1 amide bonds. The number of amides is 1. The van der Waals surface area contributed by atoms with Gasteiger partial charge in [0.05, 0.1) is 0 Å². The van der Waals surface area contributed by atoms with E-state index in [0.29, 0.717) is 18.3 Å². The van der Waals surface area contributed by atoms with E-state index in [4.69, 9.17) is 0 Å². The highest BCUT2D eigenvalue weighted by Gasteiger charge is 2.27. The van der Waals surface area contributed by atoms with Gasteiger partial charge in [-0.1, -0.05) is 30.3 Å². The summed E-state index contributed by atoms with van der Waals surface area (Å²) in [5.74, 6) is 1.13. The molecule has 2 atom stereocenters. The number of carbonyl (C=O) groups is 1. The highest BCUT2D eigenvalue weighted by molar-refractivity contribution is 5.76. The first-order chi connectivity index (χ1) is 9.18. The highest BCUT2D eigenvalue weighted by Crippen LogP contribution is 2.32. The molecular formula is C16H24N2O. The Kier molecular flexibility index (Phi) is 4.97. The summed E-state index contributed by atoms with van der Waals surface area (Å²) in [6.07, 6.45) is 3.04. The van der Waals surface area contributed by atoms with E-state index in [2.05, 4.69) is 29.6 Å². The van der Waals surface area contributed by atoms with E-state index in [1.807, 2.05) is 20.2 Å². The average Bonchev–Trinajstić information content (AvgIpc) is 2.46. The largest absolute Gasteiger partial charge is 0.349 e. The second kappa shape index (κ2) is 6.71. The summed E-state index contributed by atoms with van der Waals surface area (Å²) in [6, 6.07) is 10.5. The minimum absolute atomic E-state index is 0.222. The molecule has 0 unspecified atom stereocenters. The van der Waals surface area contributed by atoms with Gasteiger partial charge in [0.15, 0.2) is 0 Å². The van der Waals surface area contributed by atoms with Gasteiger partial charge in [0.25, 0.3) is 0 Å². The van der Waals surface area contributed by atoms with Gasteiger partial charge in [0.2, 0.25) is 5.91 Å². The second-order valence-electron chi connectivity index (χ2n) is 5.62. The van der Waals surface area contributed by atoms with Crippen molar-refractivity contribution >= 4 is 5.91 Å². The molecule has 0 bridgehead atoms. The van der Waals surface area contributed by atoms with Crippen molar-refractivity contribution in [2.24, 2.45) is 5.92 Å². The first-order valence-corrected chi connectivity index (χ1v) is 7.14. The van der Waals surface area contributed by atoms with Crippen LogP contribution >= 0.6 is 0 Å². The molecule has 1 heterocycles. The van der Waals surface area contributed by atoms with Gasteiger partial charge in [-0.25, -0.2) is 0 Å². The fourth-order valence-electron chi connectivity index (χ4n) is 2.85. The Bertz CT molecular complexity index is 396. The van der Waals surface area contributed by atoms with Gasteiger partial charge in [-0.3, -0.25) is 4.79 Å². The quantitative estimate of drug-likeness (QED) is 0.900. The molecule has 1 aromatic rings. The number of benzene rings is 1. The number of rotatable bonds is 4. The third-order valence-electron chi connectivity index (χ3n) is 4.03. The van der Waals surface area contributed by atoms with E-state index in [9.17, 15) is 4.79 Å². The topological polar surface area (TPSA) is 32.3 Å². The lowest BCUT2D eigenvalue weighted by atomic mass is 9.79. The Labute approximate surface area is 116 Å². The van der Waals surface area contributed by atoms with Crippen LogP contribution in [-0.4, -0.2) is 38.0 Å². The molecule has 3 nitrogen and oxygen atoms in total. The smallest absolute Gasteiger partial charge is 0.222 e. The maximum absolute atomic E-state index is 12.1. The number of hydrogen-bond acceptors (Lipinski definition) is 2. The van der Waals surface area contributed by atoms with Crippen LogP contribution in [0.25, 0.3) is 0 Å². The Morgan fingerprint density at radius 1 is 1.37 bits per heavy atom. The van der Waals surface area contributed by atoms with Crippen molar-refractivity contribution in [3.63, 3.8) is 0 Å². The maximum atomic E-state index is 12.1. The Balaban J connectivity index is 2.15. The molecule has 0 aliphatic carbocycles. The van der Waals surface area contributed by atoms with Crippen LogP contribution in [0.1, 0.15) is 30.7 Å². The van der Waals surface area contributed by atoms with Crippen LogP contribution in [0.3, 0.4) is 0 Å². The molecule has 1 aliphatic rings. The van der Waals surface area contributed by atoms with Crippen molar-refractivity contribution in [2.75, 3.05) is 27.2 Å². The lowest BCUT2D eigenvalue weighted by Gasteiger charge is -2.31. The molecule has 0 saturated carbocycles. The van der Waals surface area contributed by atoms with E-state index < -0.39 is 0 Å². The minimum atomic E-state index is 0.222. The average molecular weight is 260 g/mol. The highest BCUT2D eigenvalue weighted by atomic mass is 16.2. The number of nitrogens with one attached hydrogen (secondary N) is 1. The summed E-state index contributed by atoms with van der Waals surface area (Å²) in [4.78, 5) is 13.8. The Hall–Kier alpha value is -1.35. The predicted molar refractivity (Wildman–Crippen MR) is 78.1 cm³/mol. The van der Waals surface area contributed by atoms with Crippen LogP contribution in [0, 0.1) is 5.92 Å². The van der Waals surface area contributed by atoms with Crippen molar-refractivity contribution in [1.29, 1.82) is 0 Å². The van der Waals surface area contributed by atoms with Gasteiger partial charge in [-0.05, 0) is 43.3 Å². The molecule has 104 valence electrons. The summed E-state index contributed by atoms with van der Waals surface area (Å²) < 4.78 is 0. The fraction of sp³-hybridized carbons (Fsp3) is 0.562. The third-order valence-corrected chi connectivity index (χ3v) is 4.03. The van der Waals surface area contributed by atoms with Crippen LogP contribution in [0.2, 0.25) is 0 Å². The van der Waals surface area contributed by atoms with Gasteiger partial charge < -0.3 is 10.2 Å². The number of nitrogens with zero attached hydrogens (tertiary/aromatic N) is 1. The summed E-state index contributed by atoms with van der Waals surface area (Å²) in [5.41, 5.74) is 1.30. The summed E-state index contributed by atoms with van der Waals surface area (Å²) in [5, 5.41) is 3.46. The zero-order chi connectivity index (χ0) is 13.7. The van der Waals surface area contributed by atoms with Gasteiger partial charge in [-0.15, -0.1) is 0 Å². The van der Waals surface area contributed by atoms with E-state index in [-0.39, 0.29) is 5.91 Å². The van der Waals surface area contributed by atoms with Crippen molar-refractivity contribution in [3.8, 4) is 0 Å². The van der Waals surface area contributed by atoms with E-state index >= 15 is 0 Å². The molecule has 2 rings (SSSR count). The van der Waals surface area contributed by atoms with Gasteiger partial charge in [0.1, 0.15) is 0 Å². The molecule has 0 aromatic heterocycles. The maximum Gasteiger partial charge on any atom is 0.222 e. The van der Waals surface area contributed by atoms with Crippen molar-refractivity contribution in [3.05, 3.63) is 35.9 Å². The third kappa shape index (κ3) is 3.80. The van der Waals surface area contributed by atoms with Crippen molar-refractivity contribution < 1.29 is 4.79 Å². The molecule has 3 heteroatoms. The van der Waals surface area contributed by atoms with Crippen molar-refractivity contribution in [2.45, 2.75) is 25.2 Å². The first-order valence-electron chi connectivity index (χ1n) is 7.14. The second-order valence-corrected chi connectivity index (χ2v) is 5.62. The standard InChI is InChI=1S/C16H24N2O/c1-18(2)16(19)11-15(13-7-4-3-5-8-13)14-9-6-10-17-12-14/h3-5,7-8,14-15,17H,6,9-12H2,1-2H3/t14-,15-/m1/s1. The molecular weight excluding hydrogens is 236 g/mol. The van der Waals surface area contributed by atoms with Crippen LogP contribution in [0.15, 0.2) is 30.3 Å². The van der Waals surface area contributed by atoms with Gasteiger partial charge in [-0.2, -0.15) is 0 Å². The van der Waals surface area contributed by atoms with E-state index in [1.165, 1.54) is 18.4 Å². The molecule has 1 N–H and O–H groups in total. The Morgan fingerprint density at radius 3 is 2.68 bits per heavy atom. The number of piperidine rings is 1. The van der Waals surface area contributed by atoms with Crippen LogP contribution in [-0.2, 0) is 4.79 Å². The van der Waals surface area contributed by atoms with Crippen molar-refractivity contribution in [1.82, 2.24) is 10.2 Å². The fourth-order valence-corrected chi connectivity index (χ4v) is 2.85. The summed E-state index contributed by atoms with van der Waals surface area (Å²) in [6.45, 7) is 2.14. The van der Waals surface area contributed by atoms with E-state index in [1.54, 1.807) is 4.90 Å². The minimum Gasteiger partial charge on any atom is -0.349 e. The zero-order valence-electron chi connectivity index (χ0n) is 11.9. The van der Waals surface area contributed by atoms with Crippen LogP contribution < -0.4 is 5.32 Å². The normalized spacial score (nSPS) is 20.8. The van der Waals surface area contributed by atoms with Crippen LogP contribution in [0.5, 0.6) is 0 Å². The summed E-state index contributed by atoms with van der Waals surface area (Å²) >= 11 is 0. The Morgan fingerprint density at radius 2 is 2.11 bits per heavy atom. The monoisotopic (exact) mass is 260 g/mol. The molecule has 1 aliphatic heterocycles. The number of carbonyl (C=O) groups excluding carboxylic acids is 1. The summed E-state index contributed by atoms with van der Waals surface area (Å²) in [7, 11) is 3.67. The predicted octanol–water partition coefficient (Wildman–Crippen LogP) is 2.25. The van der Waals surface area contributed by atoms with Gasteiger partial charge >= 0.3 is 0 Å². The molecule has 1 saturated heterocycles. The molecule has 1 aromatic carbocycles.